The van der Waals surface area contributed by atoms with Crippen LogP contribution in [0.15, 0.2) is 36.4 Å². The molecule has 0 saturated carbocycles. The summed E-state index contributed by atoms with van der Waals surface area (Å²) in [5.74, 6) is 0.633. The number of carbonyl (C=O) groups excluding carboxylic acids is 2. The first-order valence-corrected chi connectivity index (χ1v) is 12.9. The summed E-state index contributed by atoms with van der Waals surface area (Å²) in [7, 11) is 1.79. The van der Waals surface area contributed by atoms with Crippen molar-refractivity contribution < 1.29 is 9.59 Å². The second-order valence-corrected chi connectivity index (χ2v) is 11.7. The molecule has 2 amide bonds. The second kappa shape index (κ2) is 10.1. The lowest BCUT2D eigenvalue weighted by Crippen LogP contribution is -2.55. The van der Waals surface area contributed by atoms with Crippen LogP contribution in [0, 0.1) is 6.92 Å². The highest BCUT2D eigenvalue weighted by molar-refractivity contribution is 8.01. The Balaban J connectivity index is 1.55. The third kappa shape index (κ3) is 5.16. The lowest BCUT2D eigenvalue weighted by Gasteiger charge is -2.33. The van der Waals surface area contributed by atoms with Gasteiger partial charge in [0.25, 0.3) is 0 Å². The van der Waals surface area contributed by atoms with Crippen LogP contribution in [0.3, 0.4) is 0 Å². The number of benzene rings is 1. The molecular weight excluding hydrogens is 448 g/mol. The Hall–Kier alpha value is -2.36. The van der Waals surface area contributed by atoms with Gasteiger partial charge in [0.05, 0.1) is 22.8 Å². The van der Waals surface area contributed by atoms with Crippen LogP contribution in [0.2, 0.25) is 0 Å². The minimum absolute atomic E-state index is 0.000278. The summed E-state index contributed by atoms with van der Waals surface area (Å²) in [6.45, 7) is 8.74. The van der Waals surface area contributed by atoms with Gasteiger partial charge in [0, 0.05) is 23.4 Å². The zero-order valence-corrected chi connectivity index (χ0v) is 21.5. The second-order valence-electron chi connectivity index (χ2n) is 9.83. The van der Waals surface area contributed by atoms with Crippen LogP contribution < -0.4 is 16.0 Å². The summed E-state index contributed by atoms with van der Waals surface area (Å²) in [5, 5.41) is 14.2. The van der Waals surface area contributed by atoms with Crippen molar-refractivity contribution in [2.24, 2.45) is 0 Å². The van der Waals surface area contributed by atoms with E-state index in [1.54, 1.807) is 11.7 Å². The van der Waals surface area contributed by atoms with Crippen molar-refractivity contribution in [3.63, 3.8) is 0 Å². The molecule has 3 heterocycles. The maximum Gasteiger partial charge on any atom is 0.244 e. The van der Waals surface area contributed by atoms with Gasteiger partial charge in [-0.1, -0.05) is 18.2 Å². The maximum absolute atomic E-state index is 13.8. The predicted molar refractivity (Wildman–Crippen MR) is 137 cm³/mol. The SMILES string of the molecule is CN[C@@H](C)C(=O)N[C@H]1CCC[C@H]2SC(C)(C)[C@@H](C(=O)Nc3cc(C)nn3-c3ccccc3)N2C1. The van der Waals surface area contributed by atoms with Crippen LogP contribution in [0.5, 0.6) is 0 Å². The Kier molecular flexibility index (Phi) is 7.35. The van der Waals surface area contributed by atoms with Gasteiger partial charge in [0.15, 0.2) is 0 Å². The first-order valence-electron chi connectivity index (χ1n) is 12.0. The van der Waals surface area contributed by atoms with E-state index in [9.17, 15) is 9.59 Å². The van der Waals surface area contributed by atoms with E-state index in [2.05, 4.69) is 39.8 Å². The number of para-hydroxylation sites is 1. The molecule has 0 radical (unpaired) electrons. The van der Waals surface area contributed by atoms with E-state index in [-0.39, 0.29) is 40.1 Å². The molecule has 34 heavy (non-hydrogen) atoms. The van der Waals surface area contributed by atoms with Gasteiger partial charge in [-0.2, -0.15) is 5.10 Å². The van der Waals surface area contributed by atoms with Gasteiger partial charge < -0.3 is 16.0 Å². The number of thioether (sulfide) groups is 1. The third-order valence-electron chi connectivity index (χ3n) is 6.74. The summed E-state index contributed by atoms with van der Waals surface area (Å²) in [6.07, 6.45) is 2.95. The molecule has 0 unspecified atom stereocenters. The topological polar surface area (TPSA) is 91.3 Å². The van der Waals surface area contributed by atoms with E-state index in [4.69, 9.17) is 0 Å². The Labute approximate surface area is 206 Å². The van der Waals surface area contributed by atoms with Crippen molar-refractivity contribution in [1.29, 1.82) is 0 Å². The molecule has 184 valence electrons. The van der Waals surface area contributed by atoms with Crippen LogP contribution in [0.4, 0.5) is 5.82 Å². The average molecular weight is 485 g/mol. The summed E-state index contributed by atoms with van der Waals surface area (Å²) in [5.41, 5.74) is 1.74. The van der Waals surface area contributed by atoms with Gasteiger partial charge in [-0.15, -0.1) is 11.8 Å². The Morgan fingerprint density at radius 2 is 1.94 bits per heavy atom. The number of likely N-dealkylation sites (N-methyl/N-ethyl adjacent to an activating group) is 1. The molecular formula is C25H36N6O2S. The van der Waals surface area contributed by atoms with Crippen LogP contribution >= 0.6 is 11.8 Å². The average Bonchev–Trinajstić information content (AvgIpc) is 3.21. The van der Waals surface area contributed by atoms with Crippen molar-refractivity contribution in [2.45, 2.75) is 75.2 Å². The minimum atomic E-state index is -0.318. The van der Waals surface area contributed by atoms with E-state index in [0.29, 0.717) is 12.4 Å². The smallest absolute Gasteiger partial charge is 0.244 e. The number of nitrogens with one attached hydrogen (secondary N) is 3. The molecule has 1 aromatic heterocycles. The summed E-state index contributed by atoms with van der Waals surface area (Å²) in [4.78, 5) is 28.6. The van der Waals surface area contributed by atoms with Gasteiger partial charge in [0.2, 0.25) is 11.8 Å². The van der Waals surface area contributed by atoms with Crippen LogP contribution in [0.1, 0.15) is 45.7 Å². The first kappa shape index (κ1) is 24.8. The number of carbonyl (C=O) groups is 2. The molecule has 2 aliphatic heterocycles. The van der Waals surface area contributed by atoms with Crippen molar-refractivity contribution >= 4 is 29.4 Å². The summed E-state index contributed by atoms with van der Waals surface area (Å²) in [6, 6.07) is 11.2. The Morgan fingerprint density at radius 1 is 1.21 bits per heavy atom. The number of rotatable bonds is 6. The number of anilines is 1. The minimum Gasteiger partial charge on any atom is -0.351 e. The molecule has 3 N–H and O–H groups in total. The number of hydrogen-bond donors (Lipinski definition) is 3. The van der Waals surface area contributed by atoms with E-state index in [1.807, 2.05) is 62.0 Å². The van der Waals surface area contributed by atoms with E-state index < -0.39 is 0 Å². The first-order chi connectivity index (χ1) is 16.2. The van der Waals surface area contributed by atoms with Gasteiger partial charge in [-0.25, -0.2) is 4.68 Å². The lowest BCUT2D eigenvalue weighted by molar-refractivity contribution is -0.123. The fourth-order valence-electron chi connectivity index (χ4n) is 4.97. The molecule has 4 rings (SSSR count). The molecule has 0 spiro atoms. The van der Waals surface area contributed by atoms with E-state index in [1.165, 1.54) is 0 Å². The van der Waals surface area contributed by atoms with Crippen molar-refractivity contribution in [2.75, 3.05) is 18.9 Å². The van der Waals surface area contributed by atoms with Crippen molar-refractivity contribution in [3.05, 3.63) is 42.1 Å². The third-order valence-corrected chi connectivity index (χ3v) is 8.35. The molecule has 8 nitrogen and oxygen atoms in total. The van der Waals surface area contributed by atoms with Crippen LogP contribution in [0.25, 0.3) is 5.69 Å². The molecule has 9 heteroatoms. The summed E-state index contributed by atoms with van der Waals surface area (Å²) < 4.78 is 1.52. The number of nitrogens with zero attached hydrogens (tertiary/aromatic N) is 3. The molecule has 1 aromatic carbocycles. The fraction of sp³-hybridized carbons (Fsp3) is 0.560. The van der Waals surface area contributed by atoms with Crippen molar-refractivity contribution in [1.82, 2.24) is 25.3 Å². The van der Waals surface area contributed by atoms with Gasteiger partial charge in [0.1, 0.15) is 11.9 Å². The molecule has 2 aliphatic rings. The summed E-state index contributed by atoms with van der Waals surface area (Å²) >= 11 is 1.87. The van der Waals surface area contributed by atoms with Crippen LogP contribution in [-0.2, 0) is 9.59 Å². The van der Waals surface area contributed by atoms with Crippen molar-refractivity contribution in [3.8, 4) is 5.69 Å². The predicted octanol–water partition coefficient (Wildman–Crippen LogP) is 2.92. The standard InChI is InChI=1S/C25H36N6O2S/c1-16-14-20(31(29-16)19-11-7-6-8-12-19)28-24(33)22-25(3,4)34-21-13-9-10-18(15-30(21)22)27-23(32)17(2)26-5/h6-8,11-12,14,17-18,21-22,26H,9-10,13,15H2,1-5H3,(H,27,32)(H,28,33)/t17-,18-,21+,22+/m0/s1. The van der Waals surface area contributed by atoms with E-state index in [0.717, 1.165) is 30.6 Å². The number of amides is 2. The highest BCUT2D eigenvalue weighted by Crippen LogP contribution is 2.47. The Bertz CT molecular complexity index is 1020. The monoisotopic (exact) mass is 484 g/mol. The molecule has 2 aromatic rings. The molecule has 2 saturated heterocycles. The number of aromatic nitrogens is 2. The largest absolute Gasteiger partial charge is 0.351 e. The highest BCUT2D eigenvalue weighted by Gasteiger charge is 2.52. The molecule has 0 bridgehead atoms. The van der Waals surface area contributed by atoms with E-state index >= 15 is 0 Å². The number of fused-ring (bicyclic) bond motifs is 1. The Morgan fingerprint density at radius 3 is 2.65 bits per heavy atom. The van der Waals surface area contributed by atoms with Gasteiger partial charge in [-0.3, -0.25) is 14.5 Å². The quantitative estimate of drug-likeness (QED) is 0.584. The van der Waals surface area contributed by atoms with Crippen LogP contribution in [-0.4, -0.2) is 68.3 Å². The fourth-order valence-corrected chi connectivity index (χ4v) is 6.67. The zero-order valence-electron chi connectivity index (χ0n) is 20.7. The maximum atomic E-state index is 13.8. The molecule has 4 atom stereocenters. The number of aryl methyl sites for hydroxylation is 1. The molecule has 2 fully saturated rings. The highest BCUT2D eigenvalue weighted by atomic mass is 32.2. The zero-order chi connectivity index (χ0) is 24.5. The normalized spacial score (nSPS) is 25.3. The van der Waals surface area contributed by atoms with Gasteiger partial charge in [-0.05, 0) is 66.1 Å². The lowest BCUT2D eigenvalue weighted by atomic mass is 10.00. The molecule has 0 aliphatic carbocycles. The van der Waals surface area contributed by atoms with Gasteiger partial charge >= 0.3 is 0 Å². The number of hydrogen-bond acceptors (Lipinski definition) is 6.